The first-order chi connectivity index (χ1) is 9.48. The maximum atomic E-state index is 12.9. The summed E-state index contributed by atoms with van der Waals surface area (Å²) in [6.07, 6.45) is 5.57. The minimum atomic E-state index is -3.40. The molecule has 2 unspecified atom stereocenters. The molecule has 1 saturated carbocycles. The number of fused-ring (bicyclic) bond motifs is 1. The zero-order valence-corrected chi connectivity index (χ0v) is 12.7. The Morgan fingerprint density at radius 1 is 1.15 bits per heavy atom. The van der Waals surface area contributed by atoms with Crippen LogP contribution >= 0.6 is 0 Å². The summed E-state index contributed by atoms with van der Waals surface area (Å²) in [5.74, 6) is 0.556. The van der Waals surface area contributed by atoms with Crippen molar-refractivity contribution in [2.75, 3.05) is 12.3 Å². The third-order valence-corrected chi connectivity index (χ3v) is 6.54. The zero-order valence-electron chi connectivity index (χ0n) is 11.9. The molecular weight excluding hydrogens is 272 g/mol. The van der Waals surface area contributed by atoms with E-state index in [1.807, 2.05) is 6.92 Å². The number of rotatable bonds is 2. The van der Waals surface area contributed by atoms with Crippen LogP contribution in [0.1, 0.15) is 37.7 Å². The van der Waals surface area contributed by atoms with Crippen molar-refractivity contribution >= 4 is 15.7 Å². The zero-order chi connectivity index (χ0) is 14.3. The summed E-state index contributed by atoms with van der Waals surface area (Å²) in [6.45, 7) is 2.54. The molecule has 1 aromatic carbocycles. The molecule has 2 atom stereocenters. The number of aryl methyl sites for hydroxylation is 1. The second kappa shape index (κ2) is 5.04. The highest BCUT2D eigenvalue weighted by Crippen LogP contribution is 2.39. The third-order valence-electron chi connectivity index (χ3n) is 4.64. The molecule has 1 saturated heterocycles. The SMILES string of the molecule is Cc1cc(N)cc(S(=O)(=O)N2CCC3CCCCC32)c1. The second-order valence-electron chi connectivity index (χ2n) is 6.10. The van der Waals surface area contributed by atoms with E-state index in [1.165, 1.54) is 12.8 Å². The van der Waals surface area contributed by atoms with Crippen LogP contribution in [0.3, 0.4) is 0 Å². The Balaban J connectivity index is 1.95. The lowest BCUT2D eigenvalue weighted by Crippen LogP contribution is -2.39. The Bertz CT molecular complexity index is 592. The Morgan fingerprint density at radius 2 is 1.90 bits per heavy atom. The Morgan fingerprint density at radius 3 is 2.65 bits per heavy atom. The summed E-state index contributed by atoms with van der Waals surface area (Å²) in [5, 5.41) is 0. The second-order valence-corrected chi connectivity index (χ2v) is 7.99. The third kappa shape index (κ3) is 2.33. The number of sulfonamides is 1. The van der Waals surface area contributed by atoms with Gasteiger partial charge in [-0.1, -0.05) is 12.8 Å². The molecule has 2 fully saturated rings. The van der Waals surface area contributed by atoms with E-state index in [-0.39, 0.29) is 6.04 Å². The van der Waals surface area contributed by atoms with E-state index >= 15 is 0 Å². The predicted octanol–water partition coefficient (Wildman–Crippen LogP) is 2.53. The van der Waals surface area contributed by atoms with Crippen LogP contribution in [-0.4, -0.2) is 25.3 Å². The van der Waals surface area contributed by atoms with Gasteiger partial charge in [0.05, 0.1) is 4.90 Å². The summed E-state index contributed by atoms with van der Waals surface area (Å²) in [5.41, 5.74) is 7.21. The minimum absolute atomic E-state index is 0.204. The average Bonchev–Trinajstić information content (AvgIpc) is 2.82. The maximum absolute atomic E-state index is 12.9. The van der Waals surface area contributed by atoms with Crippen LogP contribution in [0.2, 0.25) is 0 Å². The number of benzene rings is 1. The first-order valence-corrected chi connectivity index (χ1v) is 8.81. The lowest BCUT2D eigenvalue weighted by molar-refractivity contribution is 0.260. The van der Waals surface area contributed by atoms with Crippen molar-refractivity contribution < 1.29 is 8.42 Å². The van der Waals surface area contributed by atoms with E-state index in [0.717, 1.165) is 24.8 Å². The molecule has 0 spiro atoms. The highest BCUT2D eigenvalue weighted by atomic mass is 32.2. The number of nitrogens with zero attached hydrogens (tertiary/aromatic N) is 1. The van der Waals surface area contributed by atoms with Gasteiger partial charge in [0.2, 0.25) is 10.0 Å². The van der Waals surface area contributed by atoms with Crippen molar-refractivity contribution in [1.82, 2.24) is 4.31 Å². The van der Waals surface area contributed by atoms with Crippen LogP contribution in [0.4, 0.5) is 5.69 Å². The Hall–Kier alpha value is -1.07. The summed E-state index contributed by atoms with van der Waals surface area (Å²) < 4.78 is 27.5. The smallest absolute Gasteiger partial charge is 0.243 e. The standard InChI is InChI=1S/C15H22N2O2S/c1-11-8-13(16)10-14(9-11)20(18,19)17-7-6-12-4-2-3-5-15(12)17/h8-10,12,15H,2-7,16H2,1H3. The van der Waals surface area contributed by atoms with Gasteiger partial charge in [-0.15, -0.1) is 0 Å². The number of nitrogens with two attached hydrogens (primary N) is 1. The fourth-order valence-corrected chi connectivity index (χ4v) is 5.59. The lowest BCUT2D eigenvalue weighted by atomic mass is 9.86. The van der Waals surface area contributed by atoms with Gasteiger partial charge in [0, 0.05) is 18.3 Å². The molecule has 4 nitrogen and oxygen atoms in total. The van der Waals surface area contributed by atoms with E-state index in [0.29, 0.717) is 23.0 Å². The van der Waals surface area contributed by atoms with E-state index in [4.69, 9.17) is 5.73 Å². The topological polar surface area (TPSA) is 63.4 Å². The van der Waals surface area contributed by atoms with E-state index in [2.05, 4.69) is 0 Å². The molecular formula is C15H22N2O2S. The van der Waals surface area contributed by atoms with Crippen LogP contribution in [0.5, 0.6) is 0 Å². The fourth-order valence-electron chi connectivity index (χ4n) is 3.72. The van der Waals surface area contributed by atoms with Crippen molar-refractivity contribution in [3.8, 4) is 0 Å². The van der Waals surface area contributed by atoms with Crippen molar-refractivity contribution in [3.05, 3.63) is 23.8 Å². The monoisotopic (exact) mass is 294 g/mol. The number of hydrogen-bond acceptors (Lipinski definition) is 3. The number of nitrogen functional groups attached to an aromatic ring is 1. The van der Waals surface area contributed by atoms with Crippen LogP contribution in [-0.2, 0) is 10.0 Å². The van der Waals surface area contributed by atoms with Gasteiger partial charge in [-0.05, 0) is 55.9 Å². The van der Waals surface area contributed by atoms with Gasteiger partial charge in [0.25, 0.3) is 0 Å². The summed E-state index contributed by atoms with van der Waals surface area (Å²) in [4.78, 5) is 0.348. The molecule has 110 valence electrons. The molecule has 0 bridgehead atoms. The largest absolute Gasteiger partial charge is 0.399 e. The van der Waals surface area contributed by atoms with Crippen molar-refractivity contribution in [3.63, 3.8) is 0 Å². The van der Waals surface area contributed by atoms with Crippen LogP contribution < -0.4 is 5.73 Å². The molecule has 0 radical (unpaired) electrons. The summed E-state index contributed by atoms with van der Waals surface area (Å²) in [7, 11) is -3.40. The number of hydrogen-bond donors (Lipinski definition) is 1. The normalized spacial score (nSPS) is 27.4. The fraction of sp³-hybridized carbons (Fsp3) is 0.600. The molecule has 3 rings (SSSR count). The molecule has 2 aliphatic rings. The first kappa shape index (κ1) is 13.9. The first-order valence-electron chi connectivity index (χ1n) is 7.37. The maximum Gasteiger partial charge on any atom is 0.243 e. The van der Waals surface area contributed by atoms with Gasteiger partial charge >= 0.3 is 0 Å². The van der Waals surface area contributed by atoms with Gasteiger partial charge in [-0.2, -0.15) is 4.31 Å². The van der Waals surface area contributed by atoms with Crippen LogP contribution in [0.15, 0.2) is 23.1 Å². The molecule has 1 aliphatic carbocycles. The van der Waals surface area contributed by atoms with Gasteiger partial charge in [0.15, 0.2) is 0 Å². The van der Waals surface area contributed by atoms with Crippen molar-refractivity contribution in [2.24, 2.45) is 5.92 Å². The lowest BCUT2D eigenvalue weighted by Gasteiger charge is -2.31. The van der Waals surface area contributed by atoms with Gasteiger partial charge < -0.3 is 5.73 Å². The molecule has 2 N–H and O–H groups in total. The van der Waals surface area contributed by atoms with Gasteiger partial charge in [0.1, 0.15) is 0 Å². The summed E-state index contributed by atoms with van der Waals surface area (Å²) >= 11 is 0. The Labute approximate surface area is 121 Å². The molecule has 0 amide bonds. The van der Waals surface area contributed by atoms with Crippen molar-refractivity contribution in [2.45, 2.75) is 50.0 Å². The molecule has 20 heavy (non-hydrogen) atoms. The van der Waals surface area contributed by atoms with E-state index < -0.39 is 10.0 Å². The molecule has 0 aromatic heterocycles. The molecule has 1 heterocycles. The molecule has 1 aliphatic heterocycles. The Kier molecular flexibility index (Phi) is 3.50. The van der Waals surface area contributed by atoms with Crippen molar-refractivity contribution in [1.29, 1.82) is 0 Å². The minimum Gasteiger partial charge on any atom is -0.399 e. The van der Waals surface area contributed by atoms with E-state index in [1.54, 1.807) is 22.5 Å². The quantitative estimate of drug-likeness (QED) is 0.853. The van der Waals surface area contributed by atoms with Gasteiger partial charge in [-0.25, -0.2) is 8.42 Å². The molecule has 1 aromatic rings. The number of anilines is 1. The average molecular weight is 294 g/mol. The molecule has 5 heteroatoms. The highest BCUT2D eigenvalue weighted by Gasteiger charge is 2.42. The summed E-state index contributed by atoms with van der Waals surface area (Å²) in [6, 6.07) is 5.31. The van der Waals surface area contributed by atoms with Crippen LogP contribution in [0.25, 0.3) is 0 Å². The van der Waals surface area contributed by atoms with Crippen LogP contribution in [0, 0.1) is 12.8 Å². The predicted molar refractivity (Wildman–Crippen MR) is 79.8 cm³/mol. The van der Waals surface area contributed by atoms with Gasteiger partial charge in [-0.3, -0.25) is 0 Å². The highest BCUT2D eigenvalue weighted by molar-refractivity contribution is 7.89. The van der Waals surface area contributed by atoms with E-state index in [9.17, 15) is 8.42 Å².